The van der Waals surface area contributed by atoms with Crippen LogP contribution in [0.5, 0.6) is 0 Å². The van der Waals surface area contributed by atoms with Crippen LogP contribution in [0.3, 0.4) is 0 Å². The molecule has 0 aromatic heterocycles. The summed E-state index contributed by atoms with van der Waals surface area (Å²) in [4.78, 5) is 28.6. The number of anilines is 2. The summed E-state index contributed by atoms with van der Waals surface area (Å²) in [6, 6.07) is 13.9. The Labute approximate surface area is 208 Å². The van der Waals surface area contributed by atoms with Gasteiger partial charge >= 0.3 is 0 Å². The summed E-state index contributed by atoms with van der Waals surface area (Å²) in [6.07, 6.45) is 1.34. The van der Waals surface area contributed by atoms with E-state index in [9.17, 15) is 18.0 Å². The van der Waals surface area contributed by atoms with E-state index in [0.29, 0.717) is 19.5 Å². The van der Waals surface area contributed by atoms with Gasteiger partial charge in [0.25, 0.3) is 0 Å². The van der Waals surface area contributed by atoms with Gasteiger partial charge < -0.3 is 15.1 Å². The molecule has 35 heavy (non-hydrogen) atoms. The highest BCUT2D eigenvalue weighted by Gasteiger charge is 2.30. The topological polar surface area (TPSA) is 98.8 Å². The molecule has 190 valence electrons. The predicted octanol–water partition coefficient (Wildman–Crippen LogP) is 2.93. The number of nitrogens with zero attached hydrogens (tertiary/aromatic N) is 2. The van der Waals surface area contributed by atoms with Crippen molar-refractivity contribution in [3.8, 4) is 0 Å². The first-order chi connectivity index (χ1) is 16.6. The first kappa shape index (κ1) is 26.7. The van der Waals surface area contributed by atoms with Crippen LogP contribution in [0, 0.1) is 5.92 Å². The number of hydrogen-bond acceptors (Lipinski definition) is 5. The van der Waals surface area contributed by atoms with Crippen LogP contribution in [-0.2, 0) is 26.0 Å². The number of amides is 2. The summed E-state index contributed by atoms with van der Waals surface area (Å²) >= 11 is 0. The minimum absolute atomic E-state index is 0.0696. The lowest BCUT2D eigenvalue weighted by Gasteiger charge is -2.24. The minimum atomic E-state index is -3.92. The quantitative estimate of drug-likeness (QED) is 0.462. The van der Waals surface area contributed by atoms with Gasteiger partial charge in [0.1, 0.15) is 6.04 Å². The second-order valence-electron chi connectivity index (χ2n) is 9.11. The van der Waals surface area contributed by atoms with E-state index in [-0.39, 0.29) is 22.6 Å². The van der Waals surface area contributed by atoms with Gasteiger partial charge in [-0.2, -0.15) is 4.72 Å². The van der Waals surface area contributed by atoms with Crippen molar-refractivity contribution < 1.29 is 18.0 Å². The first-order valence-corrected chi connectivity index (χ1v) is 13.6. The number of fused-ring (bicyclic) bond motifs is 1. The fraction of sp³-hybridized carbons (Fsp3) is 0.462. The molecule has 0 aliphatic carbocycles. The van der Waals surface area contributed by atoms with Crippen LogP contribution in [0.1, 0.15) is 39.7 Å². The van der Waals surface area contributed by atoms with E-state index in [1.807, 2.05) is 32.0 Å². The number of benzene rings is 2. The van der Waals surface area contributed by atoms with Gasteiger partial charge in [0, 0.05) is 44.5 Å². The molecule has 0 radical (unpaired) electrons. The Bertz CT molecular complexity index is 1140. The summed E-state index contributed by atoms with van der Waals surface area (Å²) in [5, 5.41) is 2.89. The van der Waals surface area contributed by atoms with E-state index in [0.717, 1.165) is 36.4 Å². The van der Waals surface area contributed by atoms with Crippen molar-refractivity contribution in [2.45, 2.75) is 51.5 Å². The number of hydrogen-bond donors (Lipinski definition) is 2. The number of carbonyl (C=O) groups is 2. The Kier molecular flexibility index (Phi) is 8.91. The average Bonchev–Trinajstić information content (AvgIpc) is 3.26. The van der Waals surface area contributed by atoms with Gasteiger partial charge in [-0.25, -0.2) is 8.42 Å². The summed E-state index contributed by atoms with van der Waals surface area (Å²) in [5.74, 6) is -0.640. The van der Waals surface area contributed by atoms with Gasteiger partial charge in [-0.1, -0.05) is 32.0 Å². The van der Waals surface area contributed by atoms with E-state index in [2.05, 4.69) is 34.0 Å². The predicted molar refractivity (Wildman–Crippen MR) is 139 cm³/mol. The van der Waals surface area contributed by atoms with Gasteiger partial charge in [0.05, 0.1) is 4.90 Å². The maximum Gasteiger partial charge on any atom is 0.241 e. The Balaban J connectivity index is 1.60. The normalized spacial score (nSPS) is 14.0. The summed E-state index contributed by atoms with van der Waals surface area (Å²) in [7, 11) is -3.92. The fourth-order valence-corrected chi connectivity index (χ4v) is 5.69. The van der Waals surface area contributed by atoms with Gasteiger partial charge in [0.15, 0.2) is 0 Å². The zero-order chi connectivity index (χ0) is 25.6. The van der Waals surface area contributed by atoms with Crippen molar-refractivity contribution in [1.82, 2.24) is 10.0 Å². The van der Waals surface area contributed by atoms with E-state index >= 15 is 0 Å². The summed E-state index contributed by atoms with van der Waals surface area (Å²) in [6.45, 7) is 9.84. The SMILES string of the molecule is CCN(CCCNC(=O)[C@H](NS(=O)(=O)c1ccc2c(c1)CCN2C(C)=O)C(C)C)c1ccccc1. The monoisotopic (exact) mass is 500 g/mol. The lowest BCUT2D eigenvalue weighted by atomic mass is 10.1. The average molecular weight is 501 g/mol. The van der Waals surface area contributed by atoms with Crippen LogP contribution < -0.4 is 19.8 Å². The molecular weight excluding hydrogens is 464 g/mol. The molecule has 8 nitrogen and oxygen atoms in total. The smallest absolute Gasteiger partial charge is 0.241 e. The van der Waals surface area contributed by atoms with Crippen molar-refractivity contribution >= 4 is 33.2 Å². The molecule has 0 spiro atoms. The van der Waals surface area contributed by atoms with Crippen molar-refractivity contribution in [1.29, 1.82) is 0 Å². The molecule has 1 heterocycles. The fourth-order valence-electron chi connectivity index (χ4n) is 4.30. The molecule has 0 saturated heterocycles. The molecule has 2 aromatic rings. The van der Waals surface area contributed by atoms with Crippen molar-refractivity contribution in [3.63, 3.8) is 0 Å². The summed E-state index contributed by atoms with van der Waals surface area (Å²) in [5.41, 5.74) is 2.69. The van der Waals surface area contributed by atoms with Crippen LogP contribution in [-0.4, -0.2) is 52.5 Å². The van der Waals surface area contributed by atoms with Gasteiger partial charge in [0.2, 0.25) is 21.8 Å². The highest BCUT2D eigenvalue weighted by molar-refractivity contribution is 7.89. The lowest BCUT2D eigenvalue weighted by Crippen LogP contribution is -2.50. The lowest BCUT2D eigenvalue weighted by molar-refractivity contribution is -0.123. The van der Waals surface area contributed by atoms with Crippen LogP contribution in [0.2, 0.25) is 0 Å². The standard InChI is InChI=1S/C26H36N4O4S/c1-5-29(22-10-7-6-8-11-22)16-9-15-27-26(32)25(19(2)3)28-35(33,34)23-12-13-24-21(18-23)14-17-30(24)20(4)31/h6-8,10-13,18-19,25,28H,5,9,14-17H2,1-4H3,(H,27,32)/t25-/m1/s1. The second-order valence-corrected chi connectivity index (χ2v) is 10.8. The third-order valence-electron chi connectivity index (χ3n) is 6.28. The second kappa shape index (κ2) is 11.7. The van der Waals surface area contributed by atoms with Crippen molar-refractivity contribution in [2.75, 3.05) is 36.0 Å². The van der Waals surface area contributed by atoms with Crippen LogP contribution in [0.15, 0.2) is 53.4 Å². The van der Waals surface area contributed by atoms with Gasteiger partial charge in [-0.15, -0.1) is 0 Å². The van der Waals surface area contributed by atoms with E-state index in [4.69, 9.17) is 0 Å². The van der Waals surface area contributed by atoms with Gasteiger partial charge in [-0.3, -0.25) is 9.59 Å². The summed E-state index contributed by atoms with van der Waals surface area (Å²) < 4.78 is 28.8. The Morgan fingerprint density at radius 2 is 1.83 bits per heavy atom. The molecule has 3 rings (SSSR count). The van der Waals surface area contributed by atoms with Crippen molar-refractivity contribution in [2.24, 2.45) is 5.92 Å². The Morgan fingerprint density at radius 1 is 1.11 bits per heavy atom. The molecule has 0 bridgehead atoms. The Hall–Kier alpha value is -2.91. The van der Waals surface area contributed by atoms with Crippen LogP contribution in [0.4, 0.5) is 11.4 Å². The third kappa shape index (κ3) is 6.61. The molecule has 9 heteroatoms. The highest BCUT2D eigenvalue weighted by Crippen LogP contribution is 2.30. The maximum atomic E-state index is 13.1. The van der Waals surface area contributed by atoms with Gasteiger partial charge in [-0.05, 0) is 61.6 Å². The highest BCUT2D eigenvalue weighted by atomic mass is 32.2. The molecular formula is C26H36N4O4S. The van der Waals surface area contributed by atoms with E-state index < -0.39 is 16.1 Å². The molecule has 0 saturated carbocycles. The number of nitrogens with one attached hydrogen (secondary N) is 2. The third-order valence-corrected chi connectivity index (χ3v) is 7.71. The molecule has 1 atom stereocenters. The number of rotatable bonds is 11. The number of sulfonamides is 1. The Morgan fingerprint density at radius 3 is 2.46 bits per heavy atom. The molecule has 2 N–H and O–H groups in total. The molecule has 1 aliphatic rings. The minimum Gasteiger partial charge on any atom is -0.372 e. The number of carbonyl (C=O) groups excluding carboxylic acids is 2. The first-order valence-electron chi connectivity index (χ1n) is 12.1. The maximum absolute atomic E-state index is 13.1. The van der Waals surface area contributed by atoms with E-state index in [1.165, 1.54) is 13.0 Å². The number of para-hydroxylation sites is 1. The van der Waals surface area contributed by atoms with Crippen molar-refractivity contribution in [3.05, 3.63) is 54.1 Å². The molecule has 1 aliphatic heterocycles. The van der Waals surface area contributed by atoms with Crippen LogP contribution >= 0.6 is 0 Å². The molecule has 0 fully saturated rings. The largest absolute Gasteiger partial charge is 0.372 e. The molecule has 0 unspecified atom stereocenters. The molecule has 2 aromatic carbocycles. The zero-order valence-electron chi connectivity index (χ0n) is 21.0. The van der Waals surface area contributed by atoms with E-state index in [1.54, 1.807) is 17.0 Å². The molecule has 2 amide bonds. The zero-order valence-corrected chi connectivity index (χ0v) is 21.8. The van der Waals surface area contributed by atoms with Crippen LogP contribution in [0.25, 0.3) is 0 Å².